The van der Waals surface area contributed by atoms with Crippen molar-refractivity contribution in [2.24, 2.45) is 0 Å². The Kier molecular flexibility index (Phi) is 6.38. The first-order valence-electron chi connectivity index (χ1n) is 6.77. The summed E-state index contributed by atoms with van der Waals surface area (Å²) >= 11 is 0. The van der Waals surface area contributed by atoms with Crippen molar-refractivity contribution in [2.75, 3.05) is 28.2 Å². The van der Waals surface area contributed by atoms with Gasteiger partial charge in [-0.25, -0.2) is 0 Å². The Morgan fingerprint density at radius 2 is 1.33 bits per heavy atom. The van der Waals surface area contributed by atoms with E-state index in [0.29, 0.717) is 0 Å². The van der Waals surface area contributed by atoms with Crippen LogP contribution in [-0.2, 0) is 0 Å². The Balaban J connectivity index is 0.000000494. The predicted octanol–water partition coefficient (Wildman–Crippen LogP) is 3.07. The predicted molar refractivity (Wildman–Crippen MR) is 89.7 cm³/mol. The molecular weight excluding hydrogens is 233 g/mol. The molecule has 0 radical (unpaired) electrons. The maximum absolute atomic E-state index is 2.43. The number of quaternary nitrogens is 1. The van der Waals surface area contributed by atoms with Crippen molar-refractivity contribution < 1.29 is 4.48 Å². The first kappa shape index (κ1) is 17.5. The van der Waals surface area contributed by atoms with Crippen LogP contribution in [0.15, 0.2) is 24.3 Å². The third-order valence-corrected chi connectivity index (χ3v) is 5.86. The van der Waals surface area contributed by atoms with Crippen LogP contribution in [0.25, 0.3) is 0 Å². The smallest absolute Gasteiger partial charge is 0.166 e. The van der Waals surface area contributed by atoms with E-state index in [0.717, 1.165) is 10.8 Å². The zero-order valence-electron chi connectivity index (χ0n) is 13.8. The molecular formula is C15H31BNSi+. The van der Waals surface area contributed by atoms with Crippen LogP contribution in [0.3, 0.4) is 0 Å². The second-order valence-electron chi connectivity index (χ2n) is 7.63. The Morgan fingerprint density at radius 3 is 1.67 bits per heavy atom. The lowest BCUT2D eigenvalue weighted by Crippen LogP contribution is -2.50. The molecule has 0 aliphatic rings. The molecule has 0 aromatic heterocycles. The number of hydrogen-bond acceptors (Lipinski definition) is 0. The van der Waals surface area contributed by atoms with Crippen molar-refractivity contribution in [1.29, 1.82) is 0 Å². The molecule has 18 heavy (non-hydrogen) atoms. The van der Waals surface area contributed by atoms with Crippen molar-refractivity contribution in [1.82, 2.24) is 0 Å². The van der Waals surface area contributed by atoms with Gasteiger partial charge in [-0.2, -0.15) is 0 Å². The fourth-order valence-corrected chi connectivity index (χ4v) is 2.80. The van der Waals surface area contributed by atoms with E-state index in [-0.39, 0.29) is 0 Å². The van der Waals surface area contributed by atoms with E-state index in [1.165, 1.54) is 5.56 Å². The van der Waals surface area contributed by atoms with Crippen LogP contribution >= 0.6 is 0 Å². The summed E-state index contributed by atoms with van der Waals surface area (Å²) in [4.78, 5) is 0. The van der Waals surface area contributed by atoms with Gasteiger partial charge in [0.2, 0.25) is 0 Å². The fourth-order valence-electron chi connectivity index (χ4n) is 1.54. The highest BCUT2D eigenvalue weighted by Crippen LogP contribution is 2.08. The van der Waals surface area contributed by atoms with Gasteiger partial charge in [-0.3, -0.25) is 0 Å². The Morgan fingerprint density at radius 1 is 0.944 bits per heavy atom. The number of nitrogens with zero attached hydrogens (tertiary/aromatic N) is 1. The molecule has 1 nitrogen and oxygen atoms in total. The first-order valence-corrected chi connectivity index (χ1v) is 10.3. The largest absolute Gasteiger partial charge is 0.333 e. The summed E-state index contributed by atoms with van der Waals surface area (Å²) in [5.74, 6) is 0. The summed E-state index contributed by atoms with van der Waals surface area (Å²) < 4.78 is 1.00. The molecule has 0 atom stereocenters. The number of aryl methyl sites for hydroxylation is 1. The zero-order valence-corrected chi connectivity index (χ0v) is 14.8. The average molecular weight is 264 g/mol. The van der Waals surface area contributed by atoms with Crippen molar-refractivity contribution in [3.8, 4) is 0 Å². The third-order valence-electron chi connectivity index (χ3n) is 2.95. The Bertz CT molecular complexity index is 357. The molecule has 0 saturated heterocycles. The van der Waals surface area contributed by atoms with E-state index in [9.17, 15) is 0 Å². The zero-order chi connectivity index (χ0) is 14.6. The molecule has 0 bridgehead atoms. The summed E-state index contributed by atoms with van der Waals surface area (Å²) in [5, 5.41) is 0. The molecule has 0 unspecified atom stereocenters. The Hall–Kier alpha value is -0.538. The molecule has 102 valence electrons. The van der Waals surface area contributed by atoms with Gasteiger partial charge in [0.15, 0.2) is 6.31 Å². The number of rotatable bonds is 2. The minimum atomic E-state index is -1.03. The van der Waals surface area contributed by atoms with Crippen LogP contribution in [0.4, 0.5) is 0 Å². The molecule has 0 fully saturated rings. The molecule has 0 aliphatic carbocycles. The highest BCUT2D eigenvalue weighted by atomic mass is 28.3. The quantitative estimate of drug-likeness (QED) is 0.569. The molecule has 1 aromatic carbocycles. The van der Waals surface area contributed by atoms with Crippen molar-refractivity contribution >= 4 is 19.7 Å². The minimum Gasteiger partial charge on any atom is -0.333 e. The molecule has 0 N–H and O–H groups in total. The SMILES string of the molecule is CB(c1ccccc1C)[Si](C)(C)C.C[N+](C)(C)C. The summed E-state index contributed by atoms with van der Waals surface area (Å²) in [7, 11) is 7.47. The standard InChI is InChI=1S/C11H19BSi.C4H12N/c1-10-8-6-7-9-11(10)12(2)13(3,4)5;1-5(2,3)4/h6-9H,1-5H3;1-4H3/q;+1. The van der Waals surface area contributed by atoms with Crippen molar-refractivity contribution in [3.63, 3.8) is 0 Å². The summed E-state index contributed by atoms with van der Waals surface area (Å²) in [6.45, 7) is 11.9. The van der Waals surface area contributed by atoms with Crippen LogP contribution in [0.2, 0.25) is 26.5 Å². The van der Waals surface area contributed by atoms with Crippen molar-refractivity contribution in [2.45, 2.75) is 33.4 Å². The maximum atomic E-state index is 2.43. The summed E-state index contributed by atoms with van der Waals surface area (Å²) in [6, 6.07) is 8.76. The van der Waals surface area contributed by atoms with Gasteiger partial charge in [-0.15, -0.1) is 0 Å². The number of benzene rings is 1. The minimum absolute atomic E-state index is 0.758. The van der Waals surface area contributed by atoms with Crippen LogP contribution in [0, 0.1) is 6.92 Å². The lowest BCUT2D eigenvalue weighted by atomic mass is 9.68. The van der Waals surface area contributed by atoms with Gasteiger partial charge >= 0.3 is 0 Å². The monoisotopic (exact) mass is 264 g/mol. The molecule has 0 heterocycles. The van der Waals surface area contributed by atoms with Gasteiger partial charge in [0, 0.05) is 7.94 Å². The molecule has 0 saturated carbocycles. The lowest BCUT2D eigenvalue weighted by molar-refractivity contribution is -0.849. The topological polar surface area (TPSA) is 0 Å². The molecule has 3 heteroatoms. The van der Waals surface area contributed by atoms with Crippen LogP contribution in [-0.4, -0.2) is 46.9 Å². The van der Waals surface area contributed by atoms with E-state index >= 15 is 0 Å². The summed E-state index contributed by atoms with van der Waals surface area (Å²) in [5.41, 5.74) is 2.99. The normalized spacial score (nSPS) is 11.6. The Labute approximate surface area is 116 Å². The van der Waals surface area contributed by atoms with Gasteiger partial charge in [0.1, 0.15) is 0 Å². The van der Waals surface area contributed by atoms with Gasteiger partial charge < -0.3 is 4.48 Å². The highest BCUT2D eigenvalue weighted by Gasteiger charge is 2.27. The second-order valence-corrected chi connectivity index (χ2v) is 13.2. The molecule has 0 aliphatic heterocycles. The fraction of sp³-hybridized carbons (Fsp3) is 0.600. The first-order chi connectivity index (χ1) is 7.93. The van der Waals surface area contributed by atoms with Crippen LogP contribution in [0.1, 0.15) is 5.56 Å². The molecule has 1 aromatic rings. The van der Waals surface area contributed by atoms with E-state index in [4.69, 9.17) is 0 Å². The van der Waals surface area contributed by atoms with Gasteiger partial charge in [0.25, 0.3) is 0 Å². The van der Waals surface area contributed by atoms with Crippen LogP contribution in [0.5, 0.6) is 0 Å². The van der Waals surface area contributed by atoms with E-state index in [1.54, 1.807) is 5.46 Å². The van der Waals surface area contributed by atoms with E-state index in [1.807, 2.05) is 0 Å². The average Bonchev–Trinajstić information content (AvgIpc) is 2.13. The van der Waals surface area contributed by atoms with E-state index < -0.39 is 7.94 Å². The molecule has 0 spiro atoms. The van der Waals surface area contributed by atoms with Gasteiger partial charge in [0.05, 0.1) is 28.2 Å². The number of hydrogen-bond donors (Lipinski definition) is 0. The van der Waals surface area contributed by atoms with Gasteiger partial charge in [-0.1, -0.05) is 61.8 Å². The van der Waals surface area contributed by atoms with Gasteiger partial charge in [-0.05, 0) is 6.92 Å². The lowest BCUT2D eigenvalue weighted by Gasteiger charge is -2.24. The van der Waals surface area contributed by atoms with E-state index in [2.05, 4.69) is 85.8 Å². The molecule has 1 rings (SSSR count). The highest BCUT2D eigenvalue weighted by molar-refractivity contribution is 7.36. The molecule has 0 amide bonds. The van der Waals surface area contributed by atoms with Crippen LogP contribution < -0.4 is 5.46 Å². The van der Waals surface area contributed by atoms with Crippen molar-refractivity contribution in [3.05, 3.63) is 29.8 Å². The summed E-state index contributed by atoms with van der Waals surface area (Å²) in [6.07, 6.45) is 0.758. The third kappa shape index (κ3) is 7.72. The second kappa shape index (κ2) is 6.58. The maximum Gasteiger partial charge on any atom is 0.166 e.